The Labute approximate surface area is 151 Å². The van der Waals surface area contributed by atoms with E-state index in [9.17, 15) is 4.79 Å². The zero-order valence-corrected chi connectivity index (χ0v) is 15.5. The van der Waals surface area contributed by atoms with E-state index in [0.717, 1.165) is 53.2 Å². The van der Waals surface area contributed by atoms with Gasteiger partial charge in [-0.1, -0.05) is 0 Å². The average molecular weight is 362 g/mol. The summed E-state index contributed by atoms with van der Waals surface area (Å²) >= 11 is 1.73. The van der Waals surface area contributed by atoms with Crippen molar-refractivity contribution in [1.29, 1.82) is 0 Å². The summed E-state index contributed by atoms with van der Waals surface area (Å²) in [4.78, 5) is 19.2. The lowest BCUT2D eigenvalue weighted by molar-refractivity contribution is -0.140. The van der Waals surface area contributed by atoms with Crippen LogP contribution in [0, 0.1) is 0 Å². The molecule has 0 aliphatic carbocycles. The number of thiophene rings is 1. The summed E-state index contributed by atoms with van der Waals surface area (Å²) in [5.41, 5.74) is 1.02. The Balaban J connectivity index is 1.71. The molecule has 6 nitrogen and oxygen atoms in total. The predicted octanol–water partition coefficient (Wildman–Crippen LogP) is 3.74. The SMILES string of the molecule is COC(=O)CCCCN1C=Nc2c(sc3cc(OC)c(OC)cc23)C1. The first-order chi connectivity index (χ1) is 12.2. The number of hydrogen-bond donors (Lipinski definition) is 0. The van der Waals surface area contributed by atoms with E-state index in [4.69, 9.17) is 9.47 Å². The maximum Gasteiger partial charge on any atom is 0.305 e. The number of esters is 1. The zero-order chi connectivity index (χ0) is 17.8. The molecule has 0 spiro atoms. The molecule has 0 atom stereocenters. The number of aliphatic imine (C=N–C) groups is 1. The van der Waals surface area contributed by atoms with Crippen LogP contribution in [0.2, 0.25) is 0 Å². The van der Waals surface area contributed by atoms with Gasteiger partial charge in [-0.2, -0.15) is 0 Å². The maximum atomic E-state index is 11.1. The number of unbranched alkanes of at least 4 members (excludes halogenated alkanes) is 1. The van der Waals surface area contributed by atoms with E-state index in [-0.39, 0.29) is 5.97 Å². The topological polar surface area (TPSA) is 60.4 Å². The molecule has 0 unspecified atom stereocenters. The molecule has 7 heteroatoms. The highest BCUT2D eigenvalue weighted by Gasteiger charge is 2.19. The monoisotopic (exact) mass is 362 g/mol. The fourth-order valence-corrected chi connectivity index (χ4v) is 4.08. The van der Waals surface area contributed by atoms with Gasteiger partial charge in [0.05, 0.1) is 44.8 Å². The predicted molar refractivity (Wildman–Crippen MR) is 99.4 cm³/mol. The van der Waals surface area contributed by atoms with Crippen molar-refractivity contribution >= 4 is 39.4 Å². The molecule has 0 N–H and O–H groups in total. The van der Waals surface area contributed by atoms with Gasteiger partial charge in [-0.05, 0) is 18.9 Å². The minimum atomic E-state index is -0.151. The van der Waals surface area contributed by atoms with Gasteiger partial charge in [-0.3, -0.25) is 4.79 Å². The van der Waals surface area contributed by atoms with Crippen LogP contribution in [0.3, 0.4) is 0 Å². The lowest BCUT2D eigenvalue weighted by Gasteiger charge is -2.22. The van der Waals surface area contributed by atoms with Crippen molar-refractivity contribution in [2.24, 2.45) is 4.99 Å². The summed E-state index contributed by atoms with van der Waals surface area (Å²) < 4.78 is 16.6. The van der Waals surface area contributed by atoms with Gasteiger partial charge >= 0.3 is 5.97 Å². The van der Waals surface area contributed by atoms with E-state index in [2.05, 4.69) is 14.6 Å². The minimum Gasteiger partial charge on any atom is -0.493 e. The van der Waals surface area contributed by atoms with Crippen LogP contribution in [-0.2, 0) is 16.1 Å². The summed E-state index contributed by atoms with van der Waals surface area (Å²) in [5, 5.41) is 1.10. The Kier molecular flexibility index (Phi) is 5.43. The number of carbonyl (C=O) groups excluding carboxylic acids is 1. The summed E-state index contributed by atoms with van der Waals surface area (Å²) in [6.07, 6.45) is 4.12. The molecule has 3 rings (SSSR count). The van der Waals surface area contributed by atoms with E-state index in [0.29, 0.717) is 6.42 Å². The Morgan fingerprint density at radius 3 is 2.68 bits per heavy atom. The quantitative estimate of drug-likeness (QED) is 0.555. The van der Waals surface area contributed by atoms with E-state index in [1.165, 1.54) is 12.0 Å². The lowest BCUT2D eigenvalue weighted by Crippen LogP contribution is -2.24. The van der Waals surface area contributed by atoms with Crippen LogP contribution in [0.5, 0.6) is 11.5 Å². The number of fused-ring (bicyclic) bond motifs is 3. The zero-order valence-electron chi connectivity index (χ0n) is 14.7. The van der Waals surface area contributed by atoms with Crippen molar-refractivity contribution in [3.8, 4) is 11.5 Å². The second-order valence-corrected chi connectivity index (χ2v) is 6.96. The number of carbonyl (C=O) groups is 1. The van der Waals surface area contributed by atoms with E-state index < -0.39 is 0 Å². The molecular weight excluding hydrogens is 340 g/mol. The Hall–Kier alpha value is -2.28. The first-order valence-corrected chi connectivity index (χ1v) is 9.00. The number of methoxy groups -OCH3 is 3. The van der Waals surface area contributed by atoms with Crippen LogP contribution in [0.4, 0.5) is 5.69 Å². The minimum absolute atomic E-state index is 0.151. The van der Waals surface area contributed by atoms with Crippen molar-refractivity contribution in [2.75, 3.05) is 27.9 Å². The summed E-state index contributed by atoms with van der Waals surface area (Å²) in [6.45, 7) is 1.71. The van der Waals surface area contributed by atoms with Gasteiger partial charge < -0.3 is 19.1 Å². The van der Waals surface area contributed by atoms with E-state index in [1.807, 2.05) is 18.5 Å². The normalized spacial score (nSPS) is 13.0. The van der Waals surface area contributed by atoms with Crippen LogP contribution in [0.1, 0.15) is 24.1 Å². The third-order valence-corrected chi connectivity index (χ3v) is 5.37. The van der Waals surface area contributed by atoms with E-state index in [1.54, 1.807) is 25.6 Å². The highest BCUT2D eigenvalue weighted by Crippen LogP contribution is 2.44. The maximum absolute atomic E-state index is 11.1. The third kappa shape index (κ3) is 3.71. The van der Waals surface area contributed by atoms with Gasteiger partial charge in [0.25, 0.3) is 0 Å². The van der Waals surface area contributed by atoms with Crippen LogP contribution in [0.15, 0.2) is 17.1 Å². The van der Waals surface area contributed by atoms with Crippen LogP contribution in [-0.4, -0.2) is 45.1 Å². The number of ether oxygens (including phenoxy) is 3. The lowest BCUT2D eigenvalue weighted by atomic mass is 10.2. The van der Waals surface area contributed by atoms with Crippen molar-refractivity contribution in [3.05, 3.63) is 17.0 Å². The molecule has 0 amide bonds. The van der Waals surface area contributed by atoms with Crippen LogP contribution in [0.25, 0.3) is 10.1 Å². The second kappa shape index (κ2) is 7.74. The number of nitrogens with zero attached hydrogens (tertiary/aromatic N) is 2. The van der Waals surface area contributed by atoms with Gasteiger partial charge in [0.15, 0.2) is 11.5 Å². The molecular formula is C18H22N2O4S. The summed E-state index contributed by atoms with van der Waals surface area (Å²) in [7, 11) is 4.71. The molecule has 1 aromatic carbocycles. The molecule has 2 heterocycles. The Bertz CT molecular complexity index is 800. The highest BCUT2D eigenvalue weighted by atomic mass is 32.1. The molecule has 2 aromatic rings. The molecule has 0 saturated heterocycles. The fourth-order valence-electron chi connectivity index (χ4n) is 2.90. The number of hydrogen-bond acceptors (Lipinski definition) is 7. The second-order valence-electron chi connectivity index (χ2n) is 5.83. The van der Waals surface area contributed by atoms with Gasteiger partial charge in [-0.15, -0.1) is 11.3 Å². The first-order valence-electron chi connectivity index (χ1n) is 8.18. The van der Waals surface area contributed by atoms with Crippen molar-refractivity contribution < 1.29 is 19.0 Å². The van der Waals surface area contributed by atoms with Gasteiger partial charge in [0, 0.05) is 29.1 Å². The number of rotatable bonds is 7. The molecule has 1 aromatic heterocycles. The summed E-state index contributed by atoms with van der Waals surface area (Å²) in [6, 6.07) is 4.00. The first kappa shape index (κ1) is 17.5. The smallest absolute Gasteiger partial charge is 0.305 e. The van der Waals surface area contributed by atoms with Gasteiger partial charge in [-0.25, -0.2) is 4.99 Å². The molecule has 1 aliphatic rings. The molecule has 1 aliphatic heterocycles. The molecule has 0 bridgehead atoms. The summed E-state index contributed by atoms with van der Waals surface area (Å²) in [5.74, 6) is 1.30. The number of benzene rings is 1. The van der Waals surface area contributed by atoms with Crippen molar-refractivity contribution in [2.45, 2.75) is 25.8 Å². The van der Waals surface area contributed by atoms with Crippen molar-refractivity contribution in [1.82, 2.24) is 4.90 Å². The molecule has 0 saturated carbocycles. The standard InChI is InChI=1S/C18H22N2O4S/c1-22-13-8-12-15(9-14(13)23-2)25-16-10-20(11-19-18(12)16)7-5-4-6-17(21)24-3/h8-9,11H,4-7,10H2,1-3H3. The van der Waals surface area contributed by atoms with Gasteiger partial charge in [0.1, 0.15) is 0 Å². The van der Waals surface area contributed by atoms with Gasteiger partial charge in [0.2, 0.25) is 0 Å². The molecule has 0 radical (unpaired) electrons. The largest absolute Gasteiger partial charge is 0.493 e. The molecule has 25 heavy (non-hydrogen) atoms. The fraction of sp³-hybridized carbons (Fsp3) is 0.444. The molecule has 134 valence electrons. The average Bonchev–Trinajstić information content (AvgIpc) is 3.00. The van der Waals surface area contributed by atoms with Crippen LogP contribution >= 0.6 is 11.3 Å². The Morgan fingerprint density at radius 2 is 1.96 bits per heavy atom. The molecule has 0 fully saturated rings. The van der Waals surface area contributed by atoms with Crippen molar-refractivity contribution in [3.63, 3.8) is 0 Å². The van der Waals surface area contributed by atoms with Crippen LogP contribution < -0.4 is 9.47 Å². The van der Waals surface area contributed by atoms with E-state index >= 15 is 0 Å². The highest BCUT2D eigenvalue weighted by molar-refractivity contribution is 7.19. The Morgan fingerprint density at radius 1 is 1.20 bits per heavy atom. The third-order valence-electron chi connectivity index (χ3n) is 4.24.